The second-order valence-electron chi connectivity index (χ2n) is 4.68. The molecule has 0 aromatic carbocycles. The maximum atomic E-state index is 4.48. The van der Waals surface area contributed by atoms with Gasteiger partial charge in [0, 0.05) is 24.4 Å². The summed E-state index contributed by atoms with van der Waals surface area (Å²) in [6.45, 7) is 9.30. The van der Waals surface area contributed by atoms with Crippen molar-refractivity contribution >= 4 is 0 Å². The summed E-state index contributed by atoms with van der Waals surface area (Å²) in [5, 5.41) is 0. The maximum absolute atomic E-state index is 4.48. The van der Waals surface area contributed by atoms with Crippen LogP contribution >= 0.6 is 0 Å². The van der Waals surface area contributed by atoms with Crippen molar-refractivity contribution < 1.29 is 0 Å². The molecule has 0 fully saturated rings. The van der Waals surface area contributed by atoms with E-state index in [9.17, 15) is 0 Å². The van der Waals surface area contributed by atoms with E-state index in [2.05, 4.69) is 43.4 Å². The van der Waals surface area contributed by atoms with Gasteiger partial charge in [-0.15, -0.1) is 0 Å². The second kappa shape index (κ2) is 3.41. The normalized spacial score (nSPS) is 36.9. The van der Waals surface area contributed by atoms with Gasteiger partial charge in [0.1, 0.15) is 5.82 Å². The van der Waals surface area contributed by atoms with E-state index >= 15 is 0 Å². The Morgan fingerprint density at radius 1 is 1.29 bits per heavy atom. The first-order valence-electron chi connectivity index (χ1n) is 5.69. The average molecular weight is 192 g/mol. The van der Waals surface area contributed by atoms with Crippen molar-refractivity contribution in [1.82, 2.24) is 9.55 Å². The van der Waals surface area contributed by atoms with Gasteiger partial charge >= 0.3 is 0 Å². The Morgan fingerprint density at radius 2 is 2.00 bits per heavy atom. The summed E-state index contributed by atoms with van der Waals surface area (Å²) >= 11 is 0. The molecular weight excluding hydrogens is 172 g/mol. The average Bonchev–Trinajstić information content (AvgIpc) is 2.64. The number of fused-ring (bicyclic) bond motifs is 1. The minimum absolute atomic E-state index is 0.600. The molecule has 4 unspecified atom stereocenters. The van der Waals surface area contributed by atoms with Gasteiger partial charge in [-0.1, -0.05) is 27.7 Å². The van der Waals surface area contributed by atoms with Crippen molar-refractivity contribution in [3.05, 3.63) is 18.2 Å². The van der Waals surface area contributed by atoms with Crippen molar-refractivity contribution in [2.75, 3.05) is 0 Å². The quantitative estimate of drug-likeness (QED) is 0.668. The van der Waals surface area contributed by atoms with Gasteiger partial charge < -0.3 is 4.57 Å². The van der Waals surface area contributed by atoms with E-state index in [-0.39, 0.29) is 0 Å². The fourth-order valence-corrected chi connectivity index (χ4v) is 2.82. The Hall–Kier alpha value is -0.790. The highest BCUT2D eigenvalue weighted by Crippen LogP contribution is 2.42. The fourth-order valence-electron chi connectivity index (χ4n) is 2.82. The molecule has 0 radical (unpaired) electrons. The zero-order valence-corrected chi connectivity index (χ0v) is 9.57. The lowest BCUT2D eigenvalue weighted by Gasteiger charge is -2.39. The Labute approximate surface area is 86.3 Å². The molecule has 1 aromatic heterocycles. The van der Waals surface area contributed by atoms with Gasteiger partial charge in [-0.05, 0) is 18.3 Å². The van der Waals surface area contributed by atoms with Gasteiger partial charge in [-0.25, -0.2) is 4.98 Å². The summed E-state index contributed by atoms with van der Waals surface area (Å²) in [6.07, 6.45) is 5.29. The molecule has 1 aromatic rings. The SMILES string of the molecule is CCC1C(C)C(C)C(C)c2nccn21. The van der Waals surface area contributed by atoms with Crippen LogP contribution in [-0.4, -0.2) is 9.55 Å². The smallest absolute Gasteiger partial charge is 0.112 e. The second-order valence-corrected chi connectivity index (χ2v) is 4.68. The van der Waals surface area contributed by atoms with Crippen molar-refractivity contribution in [3.8, 4) is 0 Å². The van der Waals surface area contributed by atoms with Crippen LogP contribution in [0.2, 0.25) is 0 Å². The van der Waals surface area contributed by atoms with Crippen LogP contribution in [-0.2, 0) is 0 Å². The molecule has 2 heteroatoms. The Balaban J connectivity index is 2.44. The zero-order chi connectivity index (χ0) is 10.3. The van der Waals surface area contributed by atoms with Crippen molar-refractivity contribution in [2.45, 2.75) is 46.1 Å². The van der Waals surface area contributed by atoms with Crippen LogP contribution in [0.3, 0.4) is 0 Å². The summed E-state index contributed by atoms with van der Waals surface area (Å²) in [4.78, 5) is 4.48. The van der Waals surface area contributed by atoms with E-state index in [0.717, 1.165) is 11.8 Å². The van der Waals surface area contributed by atoms with Gasteiger partial charge in [0.25, 0.3) is 0 Å². The molecular formula is C12H20N2. The Bertz CT molecular complexity index is 316. The molecule has 0 N–H and O–H groups in total. The molecule has 1 aliphatic rings. The standard InChI is InChI=1S/C12H20N2/c1-5-11-9(3)8(2)10(4)12-13-6-7-14(11)12/h6-11H,5H2,1-4H3. The monoisotopic (exact) mass is 192 g/mol. The lowest BCUT2D eigenvalue weighted by atomic mass is 9.76. The van der Waals surface area contributed by atoms with E-state index < -0.39 is 0 Å². The summed E-state index contributed by atoms with van der Waals surface area (Å²) in [7, 11) is 0. The van der Waals surface area contributed by atoms with Crippen molar-refractivity contribution in [2.24, 2.45) is 11.8 Å². The molecule has 4 atom stereocenters. The molecule has 0 bridgehead atoms. The molecule has 2 rings (SSSR count). The van der Waals surface area contributed by atoms with Crippen LogP contribution in [0.4, 0.5) is 0 Å². The topological polar surface area (TPSA) is 17.8 Å². The summed E-state index contributed by atoms with van der Waals surface area (Å²) in [5.41, 5.74) is 0. The van der Waals surface area contributed by atoms with E-state index in [1.54, 1.807) is 0 Å². The minimum atomic E-state index is 0.600. The first-order chi connectivity index (χ1) is 6.66. The van der Waals surface area contributed by atoms with Gasteiger partial charge in [0.15, 0.2) is 0 Å². The van der Waals surface area contributed by atoms with E-state index in [4.69, 9.17) is 0 Å². The Morgan fingerprint density at radius 3 is 2.64 bits per heavy atom. The van der Waals surface area contributed by atoms with Gasteiger partial charge in [0.05, 0.1) is 0 Å². The first kappa shape index (κ1) is 9.75. The largest absolute Gasteiger partial charge is 0.331 e. The first-order valence-corrected chi connectivity index (χ1v) is 5.69. The molecule has 0 saturated carbocycles. The third-order valence-electron chi connectivity index (χ3n) is 4.11. The van der Waals surface area contributed by atoms with Gasteiger partial charge in [-0.2, -0.15) is 0 Å². The van der Waals surface area contributed by atoms with E-state index in [0.29, 0.717) is 12.0 Å². The number of aromatic nitrogens is 2. The van der Waals surface area contributed by atoms with Gasteiger partial charge in [0.2, 0.25) is 0 Å². The highest BCUT2D eigenvalue weighted by atomic mass is 15.1. The van der Waals surface area contributed by atoms with Crippen molar-refractivity contribution in [1.29, 1.82) is 0 Å². The lowest BCUT2D eigenvalue weighted by molar-refractivity contribution is 0.183. The highest BCUT2D eigenvalue weighted by molar-refractivity contribution is 5.08. The number of imidazole rings is 1. The molecule has 78 valence electrons. The number of nitrogens with zero attached hydrogens (tertiary/aromatic N) is 2. The van der Waals surface area contributed by atoms with Crippen molar-refractivity contribution in [3.63, 3.8) is 0 Å². The van der Waals surface area contributed by atoms with E-state index in [1.165, 1.54) is 12.2 Å². The molecule has 1 aliphatic heterocycles. The van der Waals surface area contributed by atoms with Crippen LogP contribution in [0.1, 0.15) is 51.9 Å². The molecule has 0 spiro atoms. The molecule has 0 saturated heterocycles. The lowest BCUT2D eigenvalue weighted by Crippen LogP contribution is -2.33. The molecule has 2 heterocycles. The van der Waals surface area contributed by atoms with Crippen LogP contribution in [0.25, 0.3) is 0 Å². The highest BCUT2D eigenvalue weighted by Gasteiger charge is 2.35. The van der Waals surface area contributed by atoms with Crippen LogP contribution in [0, 0.1) is 11.8 Å². The molecule has 2 nitrogen and oxygen atoms in total. The third kappa shape index (κ3) is 1.20. The number of hydrogen-bond donors (Lipinski definition) is 0. The maximum Gasteiger partial charge on any atom is 0.112 e. The Kier molecular flexibility index (Phi) is 2.38. The number of rotatable bonds is 1. The predicted octanol–water partition coefficient (Wildman–Crippen LogP) is 3.22. The molecule has 0 amide bonds. The summed E-state index contributed by atoms with van der Waals surface area (Å²) in [6, 6.07) is 0.652. The number of hydrogen-bond acceptors (Lipinski definition) is 1. The predicted molar refractivity (Wildman–Crippen MR) is 58.3 cm³/mol. The van der Waals surface area contributed by atoms with Crippen LogP contribution in [0.5, 0.6) is 0 Å². The summed E-state index contributed by atoms with van der Waals surface area (Å²) < 4.78 is 2.38. The molecule has 14 heavy (non-hydrogen) atoms. The molecule has 0 aliphatic carbocycles. The fraction of sp³-hybridized carbons (Fsp3) is 0.750. The van der Waals surface area contributed by atoms with E-state index in [1.807, 2.05) is 6.20 Å². The van der Waals surface area contributed by atoms with Crippen LogP contribution < -0.4 is 0 Å². The van der Waals surface area contributed by atoms with Crippen LogP contribution in [0.15, 0.2) is 12.4 Å². The van der Waals surface area contributed by atoms with Gasteiger partial charge in [-0.3, -0.25) is 0 Å². The third-order valence-corrected chi connectivity index (χ3v) is 4.11. The summed E-state index contributed by atoms with van der Waals surface area (Å²) in [5.74, 6) is 3.39. The zero-order valence-electron chi connectivity index (χ0n) is 9.57. The minimum Gasteiger partial charge on any atom is -0.331 e.